The molecule has 6 nitrogen and oxygen atoms in total. The van der Waals surface area contributed by atoms with Crippen LogP contribution in [-0.4, -0.2) is 57.8 Å². The zero-order chi connectivity index (χ0) is 14.9. The Kier molecular flexibility index (Phi) is 4.01. The summed E-state index contributed by atoms with van der Waals surface area (Å²) < 4.78 is 0. The number of hydrogen-bond donors (Lipinski definition) is 0. The molecule has 0 aromatic carbocycles. The van der Waals surface area contributed by atoms with Crippen LogP contribution in [0.1, 0.15) is 34.5 Å². The molecule has 0 aliphatic carbocycles. The highest BCUT2D eigenvalue weighted by Crippen LogP contribution is 2.15. The van der Waals surface area contributed by atoms with E-state index in [1.54, 1.807) is 16.7 Å². The van der Waals surface area contributed by atoms with Crippen LogP contribution in [0.15, 0.2) is 0 Å². The fraction of sp³-hybridized carbons (Fsp3) is 0.571. The quantitative estimate of drug-likeness (QED) is 0.757. The predicted octanol–water partition coefficient (Wildman–Crippen LogP) is 0.706. The lowest BCUT2D eigenvalue weighted by atomic mass is 10.1. The monoisotopic (exact) mass is 276 g/mol. The summed E-state index contributed by atoms with van der Waals surface area (Å²) in [5, 5.41) is 0. The largest absolute Gasteiger partial charge is 0.339 e. The first-order valence-electron chi connectivity index (χ1n) is 6.76. The first kappa shape index (κ1) is 14.4. The highest BCUT2D eigenvalue weighted by atomic mass is 16.2. The van der Waals surface area contributed by atoms with E-state index in [2.05, 4.69) is 9.97 Å². The molecule has 2 amide bonds. The Morgan fingerprint density at radius 2 is 1.35 bits per heavy atom. The fourth-order valence-corrected chi connectivity index (χ4v) is 2.58. The number of amides is 2. The third-order valence-electron chi connectivity index (χ3n) is 3.61. The summed E-state index contributed by atoms with van der Waals surface area (Å²) in [6, 6.07) is 0. The van der Waals surface area contributed by atoms with Gasteiger partial charge in [0.15, 0.2) is 0 Å². The molecule has 0 atom stereocenters. The molecule has 0 N–H and O–H groups in total. The Labute approximate surface area is 118 Å². The first-order valence-corrected chi connectivity index (χ1v) is 6.76. The number of hydrogen-bond acceptors (Lipinski definition) is 4. The van der Waals surface area contributed by atoms with Crippen LogP contribution >= 0.6 is 0 Å². The molecular formula is C14H20N4O2. The Balaban J connectivity index is 2.16. The Morgan fingerprint density at radius 1 is 0.900 bits per heavy atom. The third-order valence-corrected chi connectivity index (χ3v) is 3.61. The summed E-state index contributed by atoms with van der Waals surface area (Å²) in [5.41, 5.74) is 2.02. The highest BCUT2D eigenvalue weighted by Gasteiger charge is 2.26. The molecule has 0 radical (unpaired) electrons. The van der Waals surface area contributed by atoms with Crippen LogP contribution < -0.4 is 0 Å². The van der Waals surface area contributed by atoms with Crippen molar-refractivity contribution in [2.45, 2.75) is 27.7 Å². The molecule has 1 fully saturated rings. The summed E-state index contributed by atoms with van der Waals surface area (Å²) in [7, 11) is 0. The van der Waals surface area contributed by atoms with Gasteiger partial charge in [0.25, 0.3) is 5.91 Å². The highest BCUT2D eigenvalue weighted by molar-refractivity contribution is 5.96. The molecule has 1 aromatic rings. The normalized spacial score (nSPS) is 15.4. The summed E-state index contributed by atoms with van der Waals surface area (Å²) in [6.45, 7) is 9.34. The summed E-state index contributed by atoms with van der Waals surface area (Å²) in [5.74, 6) is 0.698. The second-order valence-electron chi connectivity index (χ2n) is 5.11. The zero-order valence-electron chi connectivity index (χ0n) is 12.4. The van der Waals surface area contributed by atoms with Gasteiger partial charge in [0.1, 0.15) is 5.82 Å². The van der Waals surface area contributed by atoms with Gasteiger partial charge in [-0.3, -0.25) is 9.59 Å². The van der Waals surface area contributed by atoms with Gasteiger partial charge in [-0.05, 0) is 20.8 Å². The minimum Gasteiger partial charge on any atom is -0.339 e. The van der Waals surface area contributed by atoms with Crippen molar-refractivity contribution in [3.05, 3.63) is 22.8 Å². The second-order valence-corrected chi connectivity index (χ2v) is 5.11. The lowest BCUT2D eigenvalue weighted by Gasteiger charge is -2.34. The van der Waals surface area contributed by atoms with E-state index in [1.165, 1.54) is 0 Å². The standard InChI is InChI=1S/C14H20N4O2/c1-9-13(10(2)16-11(3)15-9)14(20)18-7-5-17(6-8-18)12(4)19/h5-8H2,1-4H3. The van der Waals surface area contributed by atoms with Gasteiger partial charge in [0, 0.05) is 33.1 Å². The molecule has 108 valence electrons. The van der Waals surface area contributed by atoms with Crippen LogP contribution in [0.5, 0.6) is 0 Å². The molecule has 0 saturated carbocycles. The van der Waals surface area contributed by atoms with E-state index in [1.807, 2.05) is 20.8 Å². The number of carbonyl (C=O) groups is 2. The average Bonchev–Trinajstić information content (AvgIpc) is 2.37. The van der Waals surface area contributed by atoms with Gasteiger partial charge in [-0.2, -0.15) is 0 Å². The van der Waals surface area contributed by atoms with Crippen molar-refractivity contribution in [2.24, 2.45) is 0 Å². The third kappa shape index (κ3) is 2.79. The zero-order valence-corrected chi connectivity index (χ0v) is 12.4. The van der Waals surface area contributed by atoms with Crippen molar-refractivity contribution in [1.82, 2.24) is 19.8 Å². The Hall–Kier alpha value is -1.98. The Morgan fingerprint density at radius 3 is 1.80 bits per heavy atom. The van der Waals surface area contributed by atoms with Crippen molar-refractivity contribution in [2.75, 3.05) is 26.2 Å². The number of nitrogens with zero attached hydrogens (tertiary/aromatic N) is 4. The van der Waals surface area contributed by atoms with Crippen molar-refractivity contribution in [3.63, 3.8) is 0 Å². The summed E-state index contributed by atoms with van der Waals surface area (Å²) in [6.07, 6.45) is 0. The first-order chi connectivity index (χ1) is 9.40. The number of aryl methyl sites for hydroxylation is 3. The van der Waals surface area contributed by atoms with Crippen LogP contribution in [0, 0.1) is 20.8 Å². The van der Waals surface area contributed by atoms with Crippen LogP contribution in [0.4, 0.5) is 0 Å². The number of aromatic nitrogens is 2. The lowest BCUT2D eigenvalue weighted by molar-refractivity contribution is -0.130. The molecule has 1 saturated heterocycles. The minimum absolute atomic E-state index is 0.0387. The van der Waals surface area contributed by atoms with E-state index in [9.17, 15) is 9.59 Å². The maximum absolute atomic E-state index is 12.6. The molecule has 1 aliphatic rings. The van der Waals surface area contributed by atoms with Gasteiger partial charge < -0.3 is 9.80 Å². The van der Waals surface area contributed by atoms with E-state index in [4.69, 9.17) is 0 Å². The smallest absolute Gasteiger partial charge is 0.257 e. The molecule has 1 aliphatic heterocycles. The van der Waals surface area contributed by atoms with Gasteiger partial charge in [-0.25, -0.2) is 9.97 Å². The molecule has 2 heterocycles. The molecule has 0 bridgehead atoms. The van der Waals surface area contributed by atoms with Crippen molar-refractivity contribution in [1.29, 1.82) is 0 Å². The molecule has 6 heteroatoms. The molecule has 20 heavy (non-hydrogen) atoms. The van der Waals surface area contributed by atoms with E-state index in [0.717, 1.165) is 0 Å². The average molecular weight is 276 g/mol. The van der Waals surface area contributed by atoms with Crippen molar-refractivity contribution >= 4 is 11.8 Å². The van der Waals surface area contributed by atoms with Gasteiger partial charge in [-0.1, -0.05) is 0 Å². The van der Waals surface area contributed by atoms with Gasteiger partial charge in [0.05, 0.1) is 17.0 Å². The fourth-order valence-electron chi connectivity index (χ4n) is 2.58. The summed E-state index contributed by atoms with van der Waals surface area (Å²) in [4.78, 5) is 35.9. The lowest BCUT2D eigenvalue weighted by Crippen LogP contribution is -2.50. The van der Waals surface area contributed by atoms with Gasteiger partial charge in [-0.15, -0.1) is 0 Å². The number of carbonyl (C=O) groups excluding carboxylic acids is 2. The SMILES string of the molecule is CC(=O)N1CCN(C(=O)c2c(C)nc(C)nc2C)CC1. The molecule has 2 rings (SSSR count). The Bertz CT molecular complexity index is 525. The van der Waals surface area contributed by atoms with Crippen LogP contribution in [0.25, 0.3) is 0 Å². The summed E-state index contributed by atoms with van der Waals surface area (Å²) >= 11 is 0. The van der Waals surface area contributed by atoms with Crippen LogP contribution in [0.3, 0.4) is 0 Å². The van der Waals surface area contributed by atoms with E-state index < -0.39 is 0 Å². The van der Waals surface area contributed by atoms with Crippen molar-refractivity contribution < 1.29 is 9.59 Å². The molecule has 0 spiro atoms. The number of piperazine rings is 1. The second kappa shape index (κ2) is 5.56. The van der Waals surface area contributed by atoms with Gasteiger partial charge >= 0.3 is 0 Å². The molecule has 0 unspecified atom stereocenters. The van der Waals surface area contributed by atoms with E-state index >= 15 is 0 Å². The molecule has 1 aromatic heterocycles. The maximum atomic E-state index is 12.6. The maximum Gasteiger partial charge on any atom is 0.257 e. The van der Waals surface area contributed by atoms with Gasteiger partial charge in [0.2, 0.25) is 5.91 Å². The molecular weight excluding hydrogens is 256 g/mol. The predicted molar refractivity (Wildman–Crippen MR) is 74.4 cm³/mol. The van der Waals surface area contributed by atoms with Crippen LogP contribution in [0.2, 0.25) is 0 Å². The van der Waals surface area contributed by atoms with E-state index in [0.29, 0.717) is 49.0 Å². The topological polar surface area (TPSA) is 66.4 Å². The van der Waals surface area contributed by atoms with Crippen molar-refractivity contribution in [3.8, 4) is 0 Å². The van der Waals surface area contributed by atoms with E-state index in [-0.39, 0.29) is 11.8 Å². The minimum atomic E-state index is -0.0387. The number of rotatable bonds is 1. The van der Waals surface area contributed by atoms with Crippen LogP contribution in [-0.2, 0) is 4.79 Å².